The average molecular weight is 350 g/mol. The Morgan fingerprint density at radius 2 is 1.80 bits per heavy atom. The molecule has 20 heavy (non-hydrogen) atoms. The Bertz CT molecular complexity index is 481. The smallest absolute Gasteiger partial charge is 0.213 e. The van der Waals surface area contributed by atoms with Crippen molar-refractivity contribution >= 4 is 32.5 Å². The van der Waals surface area contributed by atoms with Crippen LogP contribution in [0.25, 0.3) is 0 Å². The number of nitrogens with two attached hydrogens (primary N) is 1. The second-order valence-corrected chi connectivity index (χ2v) is 8.74. The summed E-state index contributed by atoms with van der Waals surface area (Å²) in [5.41, 5.74) is 5.59. The van der Waals surface area contributed by atoms with Crippen LogP contribution in [0.1, 0.15) is 26.2 Å². The van der Waals surface area contributed by atoms with Crippen molar-refractivity contribution in [3.8, 4) is 0 Å². The molecule has 0 heterocycles. The SMILES string of the molecule is CCS(=O)(=O)NCCS(=O)(=O)NC1CCCC1CN.Cl. The second-order valence-electron chi connectivity index (χ2n) is 4.77. The minimum absolute atomic E-state index is 0. The van der Waals surface area contributed by atoms with E-state index in [9.17, 15) is 16.8 Å². The van der Waals surface area contributed by atoms with E-state index >= 15 is 0 Å². The van der Waals surface area contributed by atoms with Gasteiger partial charge in [-0.1, -0.05) is 6.42 Å². The summed E-state index contributed by atoms with van der Waals surface area (Å²) in [6.07, 6.45) is 2.70. The molecule has 1 aliphatic carbocycles. The lowest BCUT2D eigenvalue weighted by molar-refractivity contribution is 0.453. The van der Waals surface area contributed by atoms with Crippen LogP contribution >= 0.6 is 12.4 Å². The number of sulfonamides is 2. The van der Waals surface area contributed by atoms with Crippen LogP contribution in [0, 0.1) is 5.92 Å². The van der Waals surface area contributed by atoms with Gasteiger partial charge < -0.3 is 5.73 Å². The molecule has 0 saturated heterocycles. The van der Waals surface area contributed by atoms with Gasteiger partial charge in [0.2, 0.25) is 20.0 Å². The van der Waals surface area contributed by atoms with E-state index in [-0.39, 0.29) is 42.4 Å². The topological polar surface area (TPSA) is 118 Å². The first-order valence-electron chi connectivity index (χ1n) is 6.47. The van der Waals surface area contributed by atoms with Crippen LogP contribution in [0.4, 0.5) is 0 Å². The van der Waals surface area contributed by atoms with Crippen LogP contribution in [0.2, 0.25) is 0 Å². The van der Waals surface area contributed by atoms with Crippen LogP contribution in [0.3, 0.4) is 0 Å². The molecule has 10 heteroatoms. The van der Waals surface area contributed by atoms with Crippen molar-refractivity contribution in [1.82, 2.24) is 9.44 Å². The van der Waals surface area contributed by atoms with Gasteiger partial charge in [0.15, 0.2) is 0 Å². The lowest BCUT2D eigenvalue weighted by atomic mass is 10.1. The molecule has 0 aromatic heterocycles. The van der Waals surface area contributed by atoms with Crippen molar-refractivity contribution in [3.05, 3.63) is 0 Å². The molecule has 4 N–H and O–H groups in total. The third-order valence-corrected chi connectivity index (χ3v) is 6.17. The molecule has 1 saturated carbocycles. The summed E-state index contributed by atoms with van der Waals surface area (Å²) >= 11 is 0. The normalized spacial score (nSPS) is 23.5. The summed E-state index contributed by atoms with van der Waals surface area (Å²) in [7, 11) is -6.82. The van der Waals surface area contributed by atoms with Crippen LogP contribution in [-0.4, -0.2) is 47.5 Å². The maximum atomic E-state index is 11.8. The molecule has 0 radical (unpaired) electrons. The first kappa shape index (κ1) is 20.1. The second kappa shape index (κ2) is 8.50. The molecule has 2 unspecified atom stereocenters. The van der Waals surface area contributed by atoms with Crippen molar-refractivity contribution in [2.24, 2.45) is 11.7 Å². The Morgan fingerprint density at radius 1 is 1.15 bits per heavy atom. The minimum atomic E-state index is -3.47. The van der Waals surface area contributed by atoms with Crippen molar-refractivity contribution in [3.63, 3.8) is 0 Å². The van der Waals surface area contributed by atoms with Crippen molar-refractivity contribution in [2.45, 2.75) is 32.2 Å². The summed E-state index contributed by atoms with van der Waals surface area (Å²) < 4.78 is 50.9. The van der Waals surface area contributed by atoms with Gasteiger partial charge in [0.25, 0.3) is 0 Å². The quantitative estimate of drug-likeness (QED) is 0.540. The largest absolute Gasteiger partial charge is 0.330 e. The van der Waals surface area contributed by atoms with Gasteiger partial charge in [0.05, 0.1) is 11.5 Å². The van der Waals surface area contributed by atoms with Crippen LogP contribution in [-0.2, 0) is 20.0 Å². The minimum Gasteiger partial charge on any atom is -0.330 e. The Kier molecular flexibility index (Phi) is 8.53. The van der Waals surface area contributed by atoms with Gasteiger partial charge in [0.1, 0.15) is 0 Å². The highest BCUT2D eigenvalue weighted by molar-refractivity contribution is 7.90. The zero-order valence-corrected chi connectivity index (χ0v) is 14.0. The molecule has 2 atom stereocenters. The fourth-order valence-electron chi connectivity index (χ4n) is 2.20. The Labute approximate surface area is 127 Å². The predicted octanol–water partition coefficient (Wildman–Crippen LogP) is -0.606. The van der Waals surface area contributed by atoms with E-state index in [1.165, 1.54) is 6.92 Å². The van der Waals surface area contributed by atoms with E-state index < -0.39 is 20.0 Å². The third-order valence-electron chi connectivity index (χ3n) is 3.37. The molecule has 1 fully saturated rings. The monoisotopic (exact) mass is 349 g/mol. The molecular weight excluding hydrogens is 326 g/mol. The Hall–Kier alpha value is 0.0700. The van der Waals surface area contributed by atoms with Gasteiger partial charge in [-0.05, 0) is 32.2 Å². The molecule has 0 aromatic carbocycles. The molecule has 0 amide bonds. The van der Waals surface area contributed by atoms with Gasteiger partial charge in [-0.15, -0.1) is 12.4 Å². The fourth-order valence-corrected chi connectivity index (χ4v) is 4.20. The molecule has 1 aliphatic rings. The summed E-state index contributed by atoms with van der Waals surface area (Å²) in [6.45, 7) is 1.86. The summed E-state index contributed by atoms with van der Waals surface area (Å²) in [5, 5.41) is 0. The molecular formula is C10H24ClN3O4S2. The number of hydrogen-bond acceptors (Lipinski definition) is 5. The summed E-state index contributed by atoms with van der Waals surface area (Å²) in [6, 6.07) is -0.113. The van der Waals surface area contributed by atoms with Crippen molar-refractivity contribution in [1.29, 1.82) is 0 Å². The van der Waals surface area contributed by atoms with Gasteiger partial charge in [-0.3, -0.25) is 0 Å². The van der Waals surface area contributed by atoms with E-state index in [0.29, 0.717) is 6.54 Å². The predicted molar refractivity (Wildman–Crippen MR) is 81.8 cm³/mol. The number of nitrogens with one attached hydrogen (secondary N) is 2. The van der Waals surface area contributed by atoms with E-state index in [0.717, 1.165) is 19.3 Å². The lowest BCUT2D eigenvalue weighted by Crippen LogP contribution is -2.43. The van der Waals surface area contributed by atoms with Gasteiger partial charge >= 0.3 is 0 Å². The van der Waals surface area contributed by atoms with Gasteiger partial charge in [-0.2, -0.15) is 0 Å². The summed E-state index contributed by atoms with van der Waals surface area (Å²) in [4.78, 5) is 0. The average Bonchev–Trinajstić information content (AvgIpc) is 2.75. The number of hydrogen-bond donors (Lipinski definition) is 3. The van der Waals surface area contributed by atoms with Gasteiger partial charge in [-0.25, -0.2) is 26.3 Å². The fraction of sp³-hybridized carbons (Fsp3) is 1.00. The maximum Gasteiger partial charge on any atom is 0.213 e. The number of rotatable bonds is 8. The van der Waals surface area contributed by atoms with E-state index in [1.807, 2.05) is 0 Å². The molecule has 0 bridgehead atoms. The summed E-state index contributed by atoms with van der Waals surface area (Å²) in [5.74, 6) is -0.125. The van der Waals surface area contributed by atoms with Crippen LogP contribution < -0.4 is 15.2 Å². The third kappa shape index (κ3) is 6.68. The van der Waals surface area contributed by atoms with E-state index in [2.05, 4.69) is 9.44 Å². The zero-order chi connectivity index (χ0) is 14.5. The molecule has 7 nitrogen and oxygen atoms in total. The van der Waals surface area contributed by atoms with Crippen LogP contribution in [0.15, 0.2) is 0 Å². The maximum absolute atomic E-state index is 11.8. The first-order chi connectivity index (χ1) is 8.79. The highest BCUT2D eigenvalue weighted by atomic mass is 35.5. The molecule has 122 valence electrons. The molecule has 0 spiro atoms. The van der Waals surface area contributed by atoms with Crippen molar-refractivity contribution in [2.75, 3.05) is 24.6 Å². The first-order valence-corrected chi connectivity index (χ1v) is 9.77. The Balaban J connectivity index is 0.00000361. The molecule has 1 rings (SSSR count). The number of halogens is 1. The molecule has 0 aromatic rings. The Morgan fingerprint density at radius 3 is 2.35 bits per heavy atom. The van der Waals surface area contributed by atoms with E-state index in [1.54, 1.807) is 0 Å². The van der Waals surface area contributed by atoms with E-state index in [4.69, 9.17) is 5.73 Å². The van der Waals surface area contributed by atoms with Crippen LogP contribution in [0.5, 0.6) is 0 Å². The molecule has 0 aliphatic heterocycles. The van der Waals surface area contributed by atoms with Crippen molar-refractivity contribution < 1.29 is 16.8 Å². The highest BCUT2D eigenvalue weighted by Crippen LogP contribution is 2.25. The highest BCUT2D eigenvalue weighted by Gasteiger charge is 2.29. The standard InChI is InChI=1S/C10H23N3O4S2.ClH/c1-2-18(14,15)12-6-7-19(16,17)13-10-5-3-4-9(10)8-11;/h9-10,12-13H,2-8,11H2,1H3;1H. The lowest BCUT2D eigenvalue weighted by Gasteiger charge is -2.19. The van der Waals surface area contributed by atoms with Gasteiger partial charge in [0, 0.05) is 12.6 Å². The zero-order valence-electron chi connectivity index (χ0n) is 11.5.